The molecule has 2 heterocycles. The third kappa shape index (κ3) is 2.98. The maximum Gasteiger partial charge on any atom is 0.329 e. The Hall–Kier alpha value is -2.12. The predicted octanol–water partition coefficient (Wildman–Crippen LogP) is 3.26. The Bertz CT molecular complexity index is 721. The highest BCUT2D eigenvalue weighted by molar-refractivity contribution is 6.42. The Morgan fingerprint density at radius 1 is 1.29 bits per heavy atom. The first-order valence-electron chi connectivity index (χ1n) is 6.03. The van der Waals surface area contributed by atoms with E-state index in [1.165, 1.54) is 6.20 Å². The van der Waals surface area contributed by atoms with E-state index in [0.717, 1.165) is 13.1 Å². The Kier molecular flexibility index (Phi) is 3.52. The molecule has 0 unspecified atom stereocenters. The van der Waals surface area contributed by atoms with Gasteiger partial charge in [-0.25, -0.2) is 4.98 Å². The molecule has 1 saturated heterocycles. The molecule has 1 aromatic heterocycles. The third-order valence-corrected chi connectivity index (χ3v) is 3.61. The standard InChI is InChI=1S/C12H9Cl2N5O2/c13-8-2-1-7(5-9(8)14)16-12-15-6-10(19(20)21)11(17-12)18-3-4-18/h1-2,5-6H,3-4H2,(H,15,16,17). The van der Waals surface area contributed by atoms with E-state index in [4.69, 9.17) is 23.2 Å². The van der Waals surface area contributed by atoms with Crippen molar-refractivity contribution in [2.75, 3.05) is 23.3 Å². The van der Waals surface area contributed by atoms with E-state index in [-0.39, 0.29) is 11.6 Å². The summed E-state index contributed by atoms with van der Waals surface area (Å²) in [7, 11) is 0. The van der Waals surface area contributed by atoms with E-state index in [1.54, 1.807) is 23.1 Å². The minimum atomic E-state index is -0.489. The van der Waals surface area contributed by atoms with Gasteiger partial charge in [-0.2, -0.15) is 4.98 Å². The zero-order valence-electron chi connectivity index (χ0n) is 10.6. The molecule has 7 nitrogen and oxygen atoms in total. The smallest absolute Gasteiger partial charge is 0.329 e. The summed E-state index contributed by atoms with van der Waals surface area (Å²) in [4.78, 5) is 20.4. The first kappa shape index (κ1) is 13.8. The van der Waals surface area contributed by atoms with E-state index in [2.05, 4.69) is 15.3 Å². The van der Waals surface area contributed by atoms with Crippen molar-refractivity contribution in [1.29, 1.82) is 0 Å². The van der Waals surface area contributed by atoms with Crippen LogP contribution in [0.2, 0.25) is 10.0 Å². The number of nitrogens with zero attached hydrogens (tertiary/aromatic N) is 4. The van der Waals surface area contributed by atoms with Gasteiger partial charge >= 0.3 is 5.69 Å². The predicted molar refractivity (Wildman–Crippen MR) is 80.6 cm³/mol. The number of halogens is 2. The lowest BCUT2D eigenvalue weighted by Gasteiger charge is -2.08. The SMILES string of the molecule is O=[N+]([O-])c1cnc(Nc2ccc(Cl)c(Cl)c2)nc1N1CC1. The second kappa shape index (κ2) is 5.34. The number of rotatable bonds is 4. The molecule has 108 valence electrons. The van der Waals surface area contributed by atoms with Gasteiger partial charge in [0.05, 0.1) is 15.0 Å². The van der Waals surface area contributed by atoms with Crippen LogP contribution in [0.25, 0.3) is 0 Å². The first-order valence-corrected chi connectivity index (χ1v) is 6.78. The van der Waals surface area contributed by atoms with Crippen LogP contribution in [0.1, 0.15) is 0 Å². The van der Waals surface area contributed by atoms with Gasteiger partial charge in [-0.1, -0.05) is 23.2 Å². The number of benzene rings is 1. The molecular weight excluding hydrogens is 317 g/mol. The van der Waals surface area contributed by atoms with Crippen molar-refractivity contribution >= 4 is 46.3 Å². The monoisotopic (exact) mass is 325 g/mol. The molecule has 0 radical (unpaired) electrons. The molecule has 1 aromatic carbocycles. The average molecular weight is 326 g/mol. The normalized spacial score (nSPS) is 13.1. The summed E-state index contributed by atoms with van der Waals surface area (Å²) in [5.41, 5.74) is 0.544. The van der Waals surface area contributed by atoms with Crippen molar-refractivity contribution in [2.45, 2.75) is 0 Å². The minimum Gasteiger partial charge on any atom is -0.347 e. The second-order valence-electron chi connectivity index (χ2n) is 4.40. The fourth-order valence-electron chi connectivity index (χ4n) is 1.75. The highest BCUT2D eigenvalue weighted by atomic mass is 35.5. The van der Waals surface area contributed by atoms with Gasteiger partial charge in [0, 0.05) is 18.8 Å². The van der Waals surface area contributed by atoms with Crippen LogP contribution in [0.4, 0.5) is 23.1 Å². The number of aromatic nitrogens is 2. The highest BCUT2D eigenvalue weighted by Gasteiger charge is 2.29. The second-order valence-corrected chi connectivity index (χ2v) is 5.21. The molecule has 3 rings (SSSR count). The van der Waals surface area contributed by atoms with Gasteiger partial charge in [0.15, 0.2) is 0 Å². The van der Waals surface area contributed by atoms with Crippen LogP contribution in [0.15, 0.2) is 24.4 Å². The van der Waals surface area contributed by atoms with Crippen molar-refractivity contribution in [3.05, 3.63) is 44.6 Å². The highest BCUT2D eigenvalue weighted by Crippen LogP contribution is 2.31. The van der Waals surface area contributed by atoms with Gasteiger partial charge in [0.1, 0.15) is 6.20 Å². The Balaban J connectivity index is 1.90. The maximum atomic E-state index is 11.0. The summed E-state index contributed by atoms with van der Waals surface area (Å²) in [6.07, 6.45) is 1.19. The number of anilines is 3. The summed E-state index contributed by atoms with van der Waals surface area (Å²) in [5, 5.41) is 14.7. The van der Waals surface area contributed by atoms with Crippen molar-refractivity contribution in [1.82, 2.24) is 9.97 Å². The van der Waals surface area contributed by atoms with Crippen LogP contribution < -0.4 is 10.2 Å². The zero-order valence-corrected chi connectivity index (χ0v) is 12.1. The average Bonchev–Trinajstić information content (AvgIpc) is 3.27. The summed E-state index contributed by atoms with van der Waals surface area (Å²) in [6, 6.07) is 4.99. The Morgan fingerprint density at radius 3 is 2.67 bits per heavy atom. The van der Waals surface area contributed by atoms with Crippen LogP contribution in [0, 0.1) is 10.1 Å². The number of nitro groups is 1. The number of hydrogen-bond donors (Lipinski definition) is 1. The fraction of sp³-hybridized carbons (Fsp3) is 0.167. The molecule has 0 saturated carbocycles. The molecular formula is C12H9Cl2N5O2. The van der Waals surface area contributed by atoms with Crippen molar-refractivity contribution < 1.29 is 4.92 Å². The van der Waals surface area contributed by atoms with Gasteiger partial charge in [-0.3, -0.25) is 10.1 Å². The summed E-state index contributed by atoms with van der Waals surface area (Å²) < 4.78 is 0. The lowest BCUT2D eigenvalue weighted by molar-refractivity contribution is -0.384. The maximum absolute atomic E-state index is 11.0. The van der Waals surface area contributed by atoms with Gasteiger partial charge in [-0.05, 0) is 18.2 Å². The number of nitrogens with one attached hydrogen (secondary N) is 1. The quantitative estimate of drug-likeness (QED) is 0.527. The van der Waals surface area contributed by atoms with Gasteiger partial charge in [0.2, 0.25) is 11.8 Å². The molecule has 0 spiro atoms. The van der Waals surface area contributed by atoms with Gasteiger partial charge < -0.3 is 10.2 Å². The lowest BCUT2D eigenvalue weighted by Crippen LogP contribution is -2.05. The van der Waals surface area contributed by atoms with Gasteiger partial charge in [-0.15, -0.1) is 0 Å². The lowest BCUT2D eigenvalue weighted by atomic mass is 10.3. The van der Waals surface area contributed by atoms with Crippen LogP contribution in [0.5, 0.6) is 0 Å². The molecule has 0 atom stereocenters. The summed E-state index contributed by atoms with van der Waals surface area (Å²) in [5.74, 6) is 0.582. The molecule has 9 heteroatoms. The van der Waals surface area contributed by atoms with E-state index in [1.807, 2.05) is 0 Å². The third-order valence-electron chi connectivity index (χ3n) is 2.87. The molecule has 1 aliphatic heterocycles. The van der Waals surface area contributed by atoms with Crippen molar-refractivity contribution in [3.63, 3.8) is 0 Å². The molecule has 21 heavy (non-hydrogen) atoms. The number of hydrogen-bond acceptors (Lipinski definition) is 6. The van der Waals surface area contributed by atoms with E-state index >= 15 is 0 Å². The van der Waals surface area contributed by atoms with Gasteiger partial charge in [0.25, 0.3) is 0 Å². The molecule has 2 aromatic rings. The summed E-state index contributed by atoms with van der Waals surface area (Å²) >= 11 is 11.8. The largest absolute Gasteiger partial charge is 0.347 e. The molecule has 1 N–H and O–H groups in total. The van der Waals surface area contributed by atoms with Crippen LogP contribution in [-0.2, 0) is 0 Å². The molecule has 1 aliphatic rings. The molecule has 0 bridgehead atoms. The van der Waals surface area contributed by atoms with Crippen LogP contribution in [0.3, 0.4) is 0 Å². The fourth-order valence-corrected chi connectivity index (χ4v) is 2.05. The van der Waals surface area contributed by atoms with Crippen LogP contribution >= 0.6 is 23.2 Å². The van der Waals surface area contributed by atoms with E-state index in [9.17, 15) is 10.1 Å². The topological polar surface area (TPSA) is 84.0 Å². The Labute approximate surface area is 129 Å². The zero-order chi connectivity index (χ0) is 15.0. The minimum absolute atomic E-state index is 0.104. The first-order chi connectivity index (χ1) is 10.0. The van der Waals surface area contributed by atoms with E-state index in [0.29, 0.717) is 21.6 Å². The molecule has 0 amide bonds. The Morgan fingerprint density at radius 2 is 2.05 bits per heavy atom. The van der Waals surface area contributed by atoms with E-state index < -0.39 is 4.92 Å². The van der Waals surface area contributed by atoms with Crippen molar-refractivity contribution in [2.24, 2.45) is 0 Å². The van der Waals surface area contributed by atoms with Crippen LogP contribution in [-0.4, -0.2) is 28.0 Å². The summed E-state index contributed by atoms with van der Waals surface area (Å²) in [6.45, 7) is 1.51. The van der Waals surface area contributed by atoms with Crippen molar-refractivity contribution in [3.8, 4) is 0 Å². The molecule has 1 fully saturated rings. The molecule has 0 aliphatic carbocycles.